The molecule has 1 amide bonds. The number of aliphatic hydroxyl groups excluding tert-OH is 1. The summed E-state index contributed by atoms with van der Waals surface area (Å²) in [5.41, 5.74) is 4.83. The van der Waals surface area contributed by atoms with Gasteiger partial charge in [0, 0.05) is 29.1 Å². The molecule has 0 bridgehead atoms. The fraction of sp³-hybridized carbons (Fsp3) is 0.250. The quantitative estimate of drug-likeness (QED) is 0.111. The standard InChI is InChI=1S/C40H41N3O6S2/c1-27-11-21-34(22-12-27)51(46,47)43-35(24-29-8-4-3-5-9-29)39(45)42-33-19-17-32(18-20-33)40-48-36(26-50-37-10-6-7-23-41-37)28(2)38(49-40)31-15-13-30(25-44)14-16-31/h3-23,28,35-36,38,40,43-44H,24-26H2,1-2H3,(H,42,45). The number of hydrogen-bond acceptors (Lipinski definition) is 8. The summed E-state index contributed by atoms with van der Waals surface area (Å²) in [7, 11) is -3.98. The monoisotopic (exact) mass is 723 g/mol. The molecular formula is C40H41N3O6S2. The first-order chi connectivity index (χ1) is 24.7. The van der Waals surface area contributed by atoms with E-state index in [1.807, 2.05) is 91.9 Å². The number of carbonyl (C=O) groups excluding carboxylic acids is 1. The van der Waals surface area contributed by atoms with E-state index < -0.39 is 28.3 Å². The van der Waals surface area contributed by atoms with Crippen molar-refractivity contribution in [2.24, 2.45) is 5.92 Å². The molecule has 0 aliphatic carbocycles. The van der Waals surface area contributed by atoms with Crippen molar-refractivity contribution in [1.82, 2.24) is 9.71 Å². The molecule has 6 rings (SSSR count). The van der Waals surface area contributed by atoms with Crippen LogP contribution in [0.5, 0.6) is 0 Å². The summed E-state index contributed by atoms with van der Waals surface area (Å²) in [5, 5.41) is 13.4. The number of nitrogens with zero attached hydrogens (tertiary/aromatic N) is 1. The molecule has 1 aliphatic rings. The normalized spacial score (nSPS) is 19.7. The Morgan fingerprint density at radius 2 is 1.53 bits per heavy atom. The molecule has 11 heteroatoms. The molecule has 0 radical (unpaired) electrons. The van der Waals surface area contributed by atoms with Crippen molar-refractivity contribution in [3.63, 3.8) is 0 Å². The van der Waals surface area contributed by atoms with Crippen molar-refractivity contribution < 1.29 is 27.8 Å². The van der Waals surface area contributed by atoms with Crippen LogP contribution in [0.25, 0.3) is 0 Å². The Kier molecular flexibility index (Phi) is 12.0. The van der Waals surface area contributed by atoms with Gasteiger partial charge in [0.2, 0.25) is 15.9 Å². The predicted molar refractivity (Wildman–Crippen MR) is 198 cm³/mol. The van der Waals surface area contributed by atoms with E-state index in [9.17, 15) is 18.3 Å². The Hall–Kier alpha value is -4.36. The second kappa shape index (κ2) is 16.8. The Morgan fingerprint density at radius 3 is 2.20 bits per heavy atom. The first kappa shape index (κ1) is 36.4. The summed E-state index contributed by atoms with van der Waals surface area (Å²) in [6, 6.07) is 35.5. The van der Waals surface area contributed by atoms with E-state index in [1.165, 1.54) is 12.1 Å². The zero-order valence-corrected chi connectivity index (χ0v) is 30.0. The number of benzene rings is 4. The first-order valence-corrected chi connectivity index (χ1v) is 19.2. The maximum Gasteiger partial charge on any atom is 0.242 e. The van der Waals surface area contributed by atoms with Gasteiger partial charge in [-0.15, -0.1) is 11.8 Å². The van der Waals surface area contributed by atoms with Gasteiger partial charge in [-0.2, -0.15) is 4.72 Å². The van der Waals surface area contributed by atoms with Crippen LogP contribution in [-0.4, -0.2) is 42.3 Å². The number of pyridine rings is 1. The lowest BCUT2D eigenvalue weighted by atomic mass is 9.91. The lowest BCUT2D eigenvalue weighted by molar-refractivity contribution is -0.268. The smallest absolute Gasteiger partial charge is 0.242 e. The molecule has 264 valence electrons. The van der Waals surface area contributed by atoms with Gasteiger partial charge >= 0.3 is 0 Å². The number of sulfonamides is 1. The van der Waals surface area contributed by atoms with Crippen molar-refractivity contribution >= 4 is 33.4 Å². The number of anilines is 1. The highest BCUT2D eigenvalue weighted by Gasteiger charge is 2.38. The zero-order valence-electron chi connectivity index (χ0n) is 28.4. The number of aryl methyl sites for hydroxylation is 1. The summed E-state index contributed by atoms with van der Waals surface area (Å²) in [4.78, 5) is 18.2. The third-order valence-electron chi connectivity index (χ3n) is 8.83. The Balaban J connectivity index is 1.19. The van der Waals surface area contributed by atoms with Gasteiger partial charge in [-0.25, -0.2) is 13.4 Å². The maximum absolute atomic E-state index is 13.7. The number of aliphatic hydroxyl groups is 1. The molecule has 0 saturated carbocycles. The molecule has 51 heavy (non-hydrogen) atoms. The lowest BCUT2D eigenvalue weighted by Crippen LogP contribution is -2.45. The molecule has 9 nitrogen and oxygen atoms in total. The highest BCUT2D eigenvalue weighted by Crippen LogP contribution is 2.43. The topological polar surface area (TPSA) is 127 Å². The van der Waals surface area contributed by atoms with E-state index >= 15 is 0 Å². The van der Waals surface area contributed by atoms with Crippen LogP contribution in [0.15, 0.2) is 137 Å². The molecule has 4 aromatic carbocycles. The maximum atomic E-state index is 13.7. The van der Waals surface area contributed by atoms with Crippen LogP contribution in [0.3, 0.4) is 0 Å². The van der Waals surface area contributed by atoms with Crippen LogP contribution in [0.1, 0.15) is 47.1 Å². The van der Waals surface area contributed by atoms with E-state index in [-0.39, 0.29) is 36.0 Å². The van der Waals surface area contributed by atoms with E-state index in [0.29, 0.717) is 11.4 Å². The Bertz CT molecular complexity index is 1980. The number of amides is 1. The molecule has 1 aromatic heterocycles. The minimum absolute atomic E-state index is 0.0150. The number of hydrogen-bond donors (Lipinski definition) is 3. The fourth-order valence-corrected chi connectivity index (χ4v) is 8.10. The van der Waals surface area contributed by atoms with E-state index in [4.69, 9.17) is 9.47 Å². The number of nitrogens with one attached hydrogen (secondary N) is 2. The third kappa shape index (κ3) is 9.50. The van der Waals surface area contributed by atoms with Crippen molar-refractivity contribution in [1.29, 1.82) is 0 Å². The van der Waals surface area contributed by atoms with E-state index in [0.717, 1.165) is 32.8 Å². The van der Waals surface area contributed by atoms with Crippen LogP contribution in [-0.2, 0) is 37.3 Å². The van der Waals surface area contributed by atoms with Crippen molar-refractivity contribution in [3.05, 3.63) is 155 Å². The summed E-state index contributed by atoms with van der Waals surface area (Å²) in [5.74, 6) is 0.194. The van der Waals surface area contributed by atoms with E-state index in [2.05, 4.69) is 21.9 Å². The second-order valence-corrected chi connectivity index (χ2v) is 15.3. The number of carbonyl (C=O) groups is 1. The summed E-state index contributed by atoms with van der Waals surface area (Å²) < 4.78 is 42.4. The van der Waals surface area contributed by atoms with Crippen LogP contribution >= 0.6 is 11.8 Å². The number of thioether (sulfide) groups is 1. The third-order valence-corrected chi connectivity index (χ3v) is 11.4. The van der Waals surface area contributed by atoms with E-state index in [1.54, 1.807) is 42.2 Å². The highest BCUT2D eigenvalue weighted by molar-refractivity contribution is 7.99. The van der Waals surface area contributed by atoms with Gasteiger partial charge in [0.05, 0.1) is 28.7 Å². The van der Waals surface area contributed by atoms with Crippen LogP contribution < -0.4 is 10.0 Å². The summed E-state index contributed by atoms with van der Waals surface area (Å²) >= 11 is 1.63. The van der Waals surface area contributed by atoms with Gasteiger partial charge in [0.1, 0.15) is 6.04 Å². The molecule has 1 saturated heterocycles. The fourth-order valence-electron chi connectivity index (χ4n) is 5.87. The molecule has 2 heterocycles. The molecule has 1 aliphatic heterocycles. The predicted octanol–water partition coefficient (Wildman–Crippen LogP) is 6.99. The van der Waals surface area contributed by atoms with Crippen molar-refractivity contribution in [2.75, 3.05) is 11.1 Å². The van der Waals surface area contributed by atoms with Gasteiger partial charge in [0.15, 0.2) is 6.29 Å². The number of ether oxygens (including phenoxy) is 2. The molecule has 1 fully saturated rings. The molecule has 0 spiro atoms. The molecular weight excluding hydrogens is 683 g/mol. The SMILES string of the molecule is Cc1ccc(S(=O)(=O)NC(Cc2ccccc2)C(=O)Nc2ccc(C3OC(CSc4ccccn4)C(C)C(c4ccc(CO)cc4)O3)cc2)cc1. The first-order valence-electron chi connectivity index (χ1n) is 16.8. The highest BCUT2D eigenvalue weighted by atomic mass is 32.2. The zero-order chi connectivity index (χ0) is 35.8. The van der Waals surface area contributed by atoms with Crippen LogP contribution in [0, 0.1) is 12.8 Å². The second-order valence-electron chi connectivity index (χ2n) is 12.6. The lowest BCUT2D eigenvalue weighted by Gasteiger charge is -2.41. The van der Waals surface area contributed by atoms with Crippen molar-refractivity contribution in [2.45, 2.75) is 61.3 Å². The van der Waals surface area contributed by atoms with Crippen molar-refractivity contribution in [3.8, 4) is 0 Å². The van der Waals surface area contributed by atoms with Gasteiger partial charge in [-0.3, -0.25) is 4.79 Å². The minimum atomic E-state index is -3.98. The average molecular weight is 724 g/mol. The molecule has 3 N–H and O–H groups in total. The van der Waals surface area contributed by atoms with Gasteiger partial charge < -0.3 is 19.9 Å². The summed E-state index contributed by atoms with van der Waals surface area (Å²) in [6.45, 7) is 3.96. The Labute approximate surface area is 303 Å². The largest absolute Gasteiger partial charge is 0.392 e. The average Bonchev–Trinajstić information content (AvgIpc) is 3.15. The molecule has 5 atom stereocenters. The molecule has 5 aromatic rings. The molecule has 5 unspecified atom stereocenters. The number of aromatic nitrogens is 1. The Morgan fingerprint density at radius 1 is 0.843 bits per heavy atom. The summed E-state index contributed by atoms with van der Waals surface area (Å²) in [6.07, 6.45) is 0.809. The number of rotatable bonds is 13. The van der Waals surface area contributed by atoms with Gasteiger partial charge in [-0.1, -0.05) is 97.4 Å². The minimum Gasteiger partial charge on any atom is -0.392 e. The van der Waals surface area contributed by atoms with Gasteiger partial charge in [-0.05, 0) is 66.4 Å². The van der Waals surface area contributed by atoms with Crippen LogP contribution in [0.4, 0.5) is 5.69 Å². The van der Waals surface area contributed by atoms with Gasteiger partial charge in [0.25, 0.3) is 0 Å². The van der Waals surface area contributed by atoms with Crippen LogP contribution in [0.2, 0.25) is 0 Å².